The maximum Gasteiger partial charge on any atom is 0.228 e. The van der Waals surface area contributed by atoms with Gasteiger partial charge in [-0.05, 0) is 46.9 Å². The van der Waals surface area contributed by atoms with E-state index >= 15 is 0 Å². The van der Waals surface area contributed by atoms with Crippen LogP contribution in [-0.2, 0) is 22.4 Å². The minimum atomic E-state index is -0.286. The van der Waals surface area contributed by atoms with Crippen molar-refractivity contribution in [2.75, 3.05) is 18.4 Å². The van der Waals surface area contributed by atoms with Crippen LogP contribution >= 0.6 is 0 Å². The molecule has 154 valence electrons. The van der Waals surface area contributed by atoms with Crippen LogP contribution in [-0.4, -0.2) is 41.0 Å². The first-order valence-electron chi connectivity index (χ1n) is 10.4. The summed E-state index contributed by atoms with van der Waals surface area (Å²) in [6.45, 7) is 1.23. The van der Waals surface area contributed by atoms with E-state index in [2.05, 4.69) is 5.32 Å². The van der Waals surface area contributed by atoms with Gasteiger partial charge in [-0.15, -0.1) is 0 Å². The molecule has 1 heterocycles. The fraction of sp³-hybridized carbons (Fsp3) is 0.280. The van der Waals surface area contributed by atoms with Gasteiger partial charge in [0.25, 0.3) is 0 Å². The van der Waals surface area contributed by atoms with Gasteiger partial charge in [-0.2, -0.15) is 0 Å². The molecule has 3 aromatic rings. The molecule has 2 amide bonds. The summed E-state index contributed by atoms with van der Waals surface area (Å²) in [6.07, 6.45) is 1.65. The van der Waals surface area contributed by atoms with Crippen LogP contribution < -0.4 is 5.32 Å². The summed E-state index contributed by atoms with van der Waals surface area (Å²) in [4.78, 5) is 26.8. The molecule has 0 aromatic heterocycles. The number of amides is 2. The summed E-state index contributed by atoms with van der Waals surface area (Å²) in [5, 5.41) is 14.7. The Bertz CT molecular complexity index is 1030. The Morgan fingerprint density at radius 3 is 2.37 bits per heavy atom. The first-order chi connectivity index (χ1) is 14.6. The standard InChI is InChI=1S/C25H26N2O3/c28-22-12-14-27(15-13-22)25(30)16-18-8-10-21(11-9-18)26-24(29)17-20-6-3-5-19-4-1-2-7-23(19)20/h1-11,22,28H,12-17H2,(H,26,29). The number of hydrogen-bond donors (Lipinski definition) is 2. The molecule has 1 fully saturated rings. The molecule has 30 heavy (non-hydrogen) atoms. The Balaban J connectivity index is 1.34. The first kappa shape index (κ1) is 20.1. The molecule has 1 saturated heterocycles. The average Bonchev–Trinajstić information content (AvgIpc) is 2.76. The lowest BCUT2D eigenvalue weighted by atomic mass is 10.0. The zero-order chi connectivity index (χ0) is 20.9. The summed E-state index contributed by atoms with van der Waals surface area (Å²) < 4.78 is 0. The van der Waals surface area contributed by atoms with Crippen LogP contribution in [0, 0.1) is 0 Å². The molecule has 0 bridgehead atoms. The van der Waals surface area contributed by atoms with Crippen LogP contribution in [0.4, 0.5) is 5.69 Å². The summed E-state index contributed by atoms with van der Waals surface area (Å²) in [5.74, 6) is 0.0108. The van der Waals surface area contributed by atoms with Gasteiger partial charge in [-0.3, -0.25) is 9.59 Å². The van der Waals surface area contributed by atoms with E-state index in [1.807, 2.05) is 71.6 Å². The molecule has 3 aromatic carbocycles. The lowest BCUT2D eigenvalue weighted by molar-refractivity contribution is -0.132. The third-order valence-electron chi connectivity index (χ3n) is 5.64. The zero-order valence-corrected chi connectivity index (χ0v) is 16.9. The highest BCUT2D eigenvalue weighted by Gasteiger charge is 2.21. The minimum Gasteiger partial charge on any atom is -0.393 e. The van der Waals surface area contributed by atoms with Gasteiger partial charge in [0, 0.05) is 18.8 Å². The van der Waals surface area contributed by atoms with Gasteiger partial charge in [0.15, 0.2) is 0 Å². The van der Waals surface area contributed by atoms with E-state index in [4.69, 9.17) is 0 Å². The molecule has 0 spiro atoms. The Morgan fingerprint density at radius 1 is 0.900 bits per heavy atom. The van der Waals surface area contributed by atoms with E-state index in [1.54, 1.807) is 0 Å². The van der Waals surface area contributed by atoms with Crippen molar-refractivity contribution in [1.29, 1.82) is 0 Å². The average molecular weight is 402 g/mol. The molecule has 0 atom stereocenters. The van der Waals surface area contributed by atoms with E-state index in [1.165, 1.54) is 0 Å². The van der Waals surface area contributed by atoms with E-state index in [0.29, 0.717) is 38.8 Å². The quantitative estimate of drug-likeness (QED) is 0.686. The van der Waals surface area contributed by atoms with Crippen LogP contribution in [0.25, 0.3) is 10.8 Å². The van der Waals surface area contributed by atoms with Gasteiger partial charge in [-0.1, -0.05) is 54.6 Å². The predicted octanol–water partition coefficient (Wildman–Crippen LogP) is 3.55. The fourth-order valence-corrected chi connectivity index (χ4v) is 3.93. The minimum absolute atomic E-state index is 0.0675. The number of carbonyl (C=O) groups excluding carboxylic acids is 2. The molecule has 0 aliphatic carbocycles. The lowest BCUT2D eigenvalue weighted by Gasteiger charge is -2.29. The van der Waals surface area contributed by atoms with Crippen LogP contribution in [0.1, 0.15) is 24.0 Å². The van der Waals surface area contributed by atoms with Crippen molar-refractivity contribution in [2.24, 2.45) is 0 Å². The zero-order valence-electron chi connectivity index (χ0n) is 16.9. The Labute approximate surface area is 176 Å². The number of aliphatic hydroxyl groups excluding tert-OH is 1. The second-order valence-corrected chi connectivity index (χ2v) is 7.85. The number of likely N-dealkylation sites (tertiary alicyclic amines) is 1. The molecule has 4 rings (SSSR count). The van der Waals surface area contributed by atoms with E-state index in [0.717, 1.165) is 27.6 Å². The van der Waals surface area contributed by atoms with Gasteiger partial charge in [0.2, 0.25) is 11.8 Å². The molecule has 5 heteroatoms. The maximum absolute atomic E-state index is 12.5. The SMILES string of the molecule is O=C(Cc1cccc2ccccc12)Nc1ccc(CC(=O)N2CCC(O)CC2)cc1. The number of nitrogens with zero attached hydrogens (tertiary/aromatic N) is 1. The van der Waals surface area contributed by atoms with Gasteiger partial charge in [0.05, 0.1) is 18.9 Å². The van der Waals surface area contributed by atoms with Crippen LogP contribution in [0.2, 0.25) is 0 Å². The fourth-order valence-electron chi connectivity index (χ4n) is 3.93. The molecule has 0 saturated carbocycles. The highest BCUT2D eigenvalue weighted by atomic mass is 16.3. The molecular formula is C25H26N2O3. The molecule has 1 aliphatic rings. The number of fused-ring (bicyclic) bond motifs is 1. The molecule has 0 radical (unpaired) electrons. The normalized spacial score (nSPS) is 14.6. The molecule has 0 unspecified atom stereocenters. The van der Waals surface area contributed by atoms with Crippen molar-refractivity contribution in [1.82, 2.24) is 4.90 Å². The molecule has 2 N–H and O–H groups in total. The highest BCUT2D eigenvalue weighted by molar-refractivity contribution is 5.96. The Hall–Kier alpha value is -3.18. The van der Waals surface area contributed by atoms with Gasteiger partial charge in [-0.25, -0.2) is 0 Å². The van der Waals surface area contributed by atoms with Crippen molar-refractivity contribution in [2.45, 2.75) is 31.8 Å². The first-order valence-corrected chi connectivity index (χ1v) is 10.4. The highest BCUT2D eigenvalue weighted by Crippen LogP contribution is 2.20. The number of piperidine rings is 1. The number of benzene rings is 3. The van der Waals surface area contributed by atoms with Crippen molar-refractivity contribution in [3.05, 3.63) is 77.9 Å². The lowest BCUT2D eigenvalue weighted by Crippen LogP contribution is -2.40. The van der Waals surface area contributed by atoms with Gasteiger partial charge in [0.1, 0.15) is 0 Å². The van der Waals surface area contributed by atoms with Crippen LogP contribution in [0.5, 0.6) is 0 Å². The van der Waals surface area contributed by atoms with Crippen molar-refractivity contribution < 1.29 is 14.7 Å². The molecule has 1 aliphatic heterocycles. The van der Waals surface area contributed by atoms with Crippen LogP contribution in [0.3, 0.4) is 0 Å². The monoisotopic (exact) mass is 402 g/mol. The maximum atomic E-state index is 12.5. The summed E-state index contributed by atoms with van der Waals surface area (Å²) >= 11 is 0. The summed E-state index contributed by atoms with van der Waals surface area (Å²) in [6, 6.07) is 21.5. The van der Waals surface area contributed by atoms with E-state index in [9.17, 15) is 14.7 Å². The van der Waals surface area contributed by atoms with Crippen molar-refractivity contribution in [3.63, 3.8) is 0 Å². The van der Waals surface area contributed by atoms with Crippen molar-refractivity contribution >= 4 is 28.3 Å². The second kappa shape index (κ2) is 9.09. The number of hydrogen-bond acceptors (Lipinski definition) is 3. The van der Waals surface area contributed by atoms with E-state index < -0.39 is 0 Å². The van der Waals surface area contributed by atoms with Crippen LogP contribution in [0.15, 0.2) is 66.7 Å². The number of rotatable bonds is 5. The summed E-state index contributed by atoms with van der Waals surface area (Å²) in [7, 11) is 0. The topological polar surface area (TPSA) is 69.6 Å². The van der Waals surface area contributed by atoms with Gasteiger partial charge >= 0.3 is 0 Å². The number of aliphatic hydroxyl groups is 1. The smallest absolute Gasteiger partial charge is 0.228 e. The number of anilines is 1. The van der Waals surface area contributed by atoms with Crippen molar-refractivity contribution in [3.8, 4) is 0 Å². The Kier molecular flexibility index (Phi) is 6.10. The largest absolute Gasteiger partial charge is 0.393 e. The third-order valence-corrected chi connectivity index (χ3v) is 5.64. The van der Waals surface area contributed by atoms with Gasteiger partial charge < -0.3 is 15.3 Å². The summed E-state index contributed by atoms with van der Waals surface area (Å²) in [5.41, 5.74) is 2.63. The Morgan fingerprint density at radius 2 is 1.60 bits per heavy atom. The molecule has 5 nitrogen and oxygen atoms in total. The third kappa shape index (κ3) is 4.86. The van der Waals surface area contributed by atoms with E-state index in [-0.39, 0.29) is 17.9 Å². The molecular weight excluding hydrogens is 376 g/mol. The predicted molar refractivity (Wildman–Crippen MR) is 118 cm³/mol. The number of nitrogens with one attached hydrogen (secondary N) is 1. The number of carbonyl (C=O) groups is 2. The second-order valence-electron chi connectivity index (χ2n) is 7.85.